The number of halogens is 1. The smallest absolute Gasteiger partial charge is 0.209 e. The highest BCUT2D eigenvalue weighted by molar-refractivity contribution is 6.31. The molecule has 0 aliphatic heterocycles. The molecule has 1 aromatic heterocycles. The molecule has 0 bridgehead atoms. The fourth-order valence-corrected chi connectivity index (χ4v) is 3.21. The van der Waals surface area contributed by atoms with E-state index < -0.39 is 0 Å². The summed E-state index contributed by atoms with van der Waals surface area (Å²) in [6, 6.07) is 9.40. The minimum Gasteiger partial charge on any atom is -0.287 e. The van der Waals surface area contributed by atoms with Gasteiger partial charge in [-0.15, -0.1) is 15.0 Å². The molecule has 0 aliphatic carbocycles. The Morgan fingerprint density at radius 3 is 2.19 bits per heavy atom. The van der Waals surface area contributed by atoms with Gasteiger partial charge in [0.05, 0.1) is 0 Å². The average molecular weight is 385 g/mol. The molecule has 1 radical (unpaired) electrons. The minimum atomic E-state index is -0.221. The lowest BCUT2D eigenvalue weighted by molar-refractivity contribution is 0.331. The van der Waals surface area contributed by atoms with E-state index in [0.29, 0.717) is 16.2 Å². The van der Waals surface area contributed by atoms with E-state index in [1.807, 2.05) is 12.1 Å². The van der Waals surface area contributed by atoms with Crippen LogP contribution in [0.3, 0.4) is 0 Å². The number of aromatic nitrogens is 3. The first kappa shape index (κ1) is 19.7. The van der Waals surface area contributed by atoms with E-state index in [0.717, 1.165) is 29.5 Å². The summed E-state index contributed by atoms with van der Waals surface area (Å²) in [6.07, 6.45) is 1.85. The molecule has 0 saturated heterocycles. The monoisotopic (exact) mass is 384 g/mol. The maximum atomic E-state index is 13.4. The number of hydrogen-bond acceptors (Lipinski definition) is 2. The molecule has 0 saturated carbocycles. The second kappa shape index (κ2) is 6.83. The molecule has 0 N–H and O–H groups in total. The first-order chi connectivity index (χ1) is 12.6. The maximum Gasteiger partial charge on any atom is 0.209 e. The van der Waals surface area contributed by atoms with Crippen molar-refractivity contribution in [3.8, 4) is 11.4 Å². The van der Waals surface area contributed by atoms with Crippen molar-refractivity contribution in [2.75, 3.05) is 0 Å². The highest BCUT2D eigenvalue weighted by atomic mass is 35.5. The highest BCUT2D eigenvalue weighted by Crippen LogP contribution is 2.41. The Balaban J connectivity index is 2.29. The maximum absolute atomic E-state index is 13.4. The fourth-order valence-electron chi connectivity index (χ4n) is 3.05. The summed E-state index contributed by atoms with van der Waals surface area (Å²) in [5.74, 6) is -0.0103. The zero-order chi connectivity index (χ0) is 20.0. The van der Waals surface area contributed by atoms with Gasteiger partial charge in [-0.05, 0) is 53.5 Å². The molecule has 27 heavy (non-hydrogen) atoms. The van der Waals surface area contributed by atoms with Gasteiger partial charge in [-0.25, -0.2) is 0 Å². The van der Waals surface area contributed by atoms with Crippen LogP contribution in [0, 0.1) is 0 Å². The molecule has 3 aromatic rings. The molecule has 0 spiro atoms. The number of rotatable bonds is 5. The standard InChI is InChI=1S/C22H27ClN3O/c1-7-21(3,4)14-11-16(22(5,6)8-2)20(27)19(12-14)26-24-17-10-9-15(23)13-18(17)25-26/h9-13H,7-8H2,1-6H3. The summed E-state index contributed by atoms with van der Waals surface area (Å²) >= 11 is 6.07. The van der Waals surface area contributed by atoms with E-state index >= 15 is 0 Å². The van der Waals surface area contributed by atoms with Crippen LogP contribution in [-0.2, 0) is 15.9 Å². The van der Waals surface area contributed by atoms with Crippen LogP contribution in [0.5, 0.6) is 5.75 Å². The first-order valence-corrected chi connectivity index (χ1v) is 9.86. The second-order valence-electron chi connectivity index (χ2n) is 8.47. The molecule has 1 heterocycles. The Kier molecular flexibility index (Phi) is 4.98. The van der Waals surface area contributed by atoms with E-state index in [-0.39, 0.29) is 16.6 Å². The van der Waals surface area contributed by atoms with Crippen LogP contribution in [0.1, 0.15) is 65.5 Å². The summed E-state index contributed by atoms with van der Waals surface area (Å²) in [5, 5.41) is 23.0. The Morgan fingerprint density at radius 2 is 1.56 bits per heavy atom. The van der Waals surface area contributed by atoms with Crippen molar-refractivity contribution in [2.24, 2.45) is 0 Å². The van der Waals surface area contributed by atoms with Crippen LogP contribution in [0.15, 0.2) is 30.3 Å². The largest absolute Gasteiger partial charge is 0.287 e. The Hall–Kier alpha value is -2.07. The molecule has 0 aliphatic rings. The first-order valence-electron chi connectivity index (χ1n) is 9.48. The average Bonchev–Trinajstić information content (AvgIpc) is 3.04. The van der Waals surface area contributed by atoms with Gasteiger partial charge < -0.3 is 0 Å². The van der Waals surface area contributed by atoms with Crippen LogP contribution in [0.25, 0.3) is 16.7 Å². The zero-order valence-corrected chi connectivity index (χ0v) is 17.7. The van der Waals surface area contributed by atoms with Crippen LogP contribution in [-0.4, -0.2) is 15.0 Å². The van der Waals surface area contributed by atoms with E-state index in [9.17, 15) is 5.11 Å². The molecular weight excluding hydrogens is 358 g/mol. The Morgan fingerprint density at radius 1 is 0.926 bits per heavy atom. The lowest BCUT2D eigenvalue weighted by atomic mass is 9.76. The molecule has 0 amide bonds. The van der Waals surface area contributed by atoms with E-state index in [1.54, 1.807) is 12.1 Å². The van der Waals surface area contributed by atoms with E-state index in [1.165, 1.54) is 4.80 Å². The molecule has 0 unspecified atom stereocenters. The van der Waals surface area contributed by atoms with Crippen LogP contribution >= 0.6 is 11.6 Å². The van der Waals surface area contributed by atoms with Gasteiger partial charge in [0.15, 0.2) is 0 Å². The molecule has 0 atom stereocenters. The van der Waals surface area contributed by atoms with Crippen molar-refractivity contribution in [1.29, 1.82) is 0 Å². The minimum absolute atomic E-state index is 0.0103. The molecule has 5 heteroatoms. The fraction of sp³-hybridized carbons (Fsp3) is 0.455. The topological polar surface area (TPSA) is 50.6 Å². The van der Waals surface area contributed by atoms with Gasteiger partial charge in [0.2, 0.25) is 5.75 Å². The Labute approximate surface area is 166 Å². The highest BCUT2D eigenvalue weighted by Gasteiger charge is 2.30. The third-order valence-electron chi connectivity index (χ3n) is 5.91. The quantitative estimate of drug-likeness (QED) is 0.498. The number of benzene rings is 2. The number of fused-ring (bicyclic) bond motifs is 1. The number of hydrogen-bond donors (Lipinski definition) is 0. The second-order valence-corrected chi connectivity index (χ2v) is 8.91. The van der Waals surface area contributed by atoms with Gasteiger partial charge in [0.1, 0.15) is 16.7 Å². The summed E-state index contributed by atoms with van der Waals surface area (Å²) in [5.41, 5.74) is 3.58. The molecule has 3 rings (SSSR count). The Bertz CT molecular complexity index is 989. The molecule has 143 valence electrons. The van der Waals surface area contributed by atoms with Gasteiger partial charge in [-0.2, -0.15) is 0 Å². The van der Waals surface area contributed by atoms with Crippen LogP contribution in [0.2, 0.25) is 5.02 Å². The van der Waals surface area contributed by atoms with Crippen molar-refractivity contribution in [2.45, 2.75) is 65.2 Å². The van der Waals surface area contributed by atoms with Crippen molar-refractivity contribution >= 4 is 22.6 Å². The molecule has 4 nitrogen and oxygen atoms in total. The molecule has 2 aromatic carbocycles. The van der Waals surface area contributed by atoms with Gasteiger partial charge in [0.25, 0.3) is 0 Å². The predicted molar refractivity (Wildman–Crippen MR) is 111 cm³/mol. The SMILES string of the molecule is CCC(C)(C)c1cc(-n2nc3ccc(Cl)cc3n2)c([O])c(C(C)(C)CC)c1. The van der Waals surface area contributed by atoms with E-state index in [4.69, 9.17) is 11.6 Å². The van der Waals surface area contributed by atoms with Crippen LogP contribution < -0.4 is 0 Å². The predicted octanol–water partition coefficient (Wildman–Crippen LogP) is 6.59. The van der Waals surface area contributed by atoms with Crippen LogP contribution in [0.4, 0.5) is 0 Å². The summed E-state index contributed by atoms with van der Waals surface area (Å²) in [6.45, 7) is 12.9. The van der Waals surface area contributed by atoms with Gasteiger partial charge >= 0.3 is 0 Å². The summed E-state index contributed by atoms with van der Waals surface area (Å²) in [7, 11) is 0. The summed E-state index contributed by atoms with van der Waals surface area (Å²) in [4.78, 5) is 1.47. The van der Waals surface area contributed by atoms with Crippen molar-refractivity contribution < 1.29 is 5.11 Å². The van der Waals surface area contributed by atoms with Crippen molar-refractivity contribution in [1.82, 2.24) is 15.0 Å². The van der Waals surface area contributed by atoms with Crippen molar-refractivity contribution in [3.63, 3.8) is 0 Å². The van der Waals surface area contributed by atoms with Gasteiger partial charge in [-0.3, -0.25) is 5.11 Å². The number of nitrogens with zero attached hydrogens (tertiary/aromatic N) is 3. The lowest BCUT2D eigenvalue weighted by Crippen LogP contribution is -2.21. The normalized spacial score (nSPS) is 12.7. The van der Waals surface area contributed by atoms with Crippen molar-refractivity contribution in [3.05, 3.63) is 46.5 Å². The lowest BCUT2D eigenvalue weighted by Gasteiger charge is -2.29. The van der Waals surface area contributed by atoms with E-state index in [2.05, 4.69) is 57.8 Å². The van der Waals surface area contributed by atoms with Gasteiger partial charge in [-0.1, -0.05) is 59.2 Å². The third-order valence-corrected chi connectivity index (χ3v) is 6.14. The molecule has 0 fully saturated rings. The summed E-state index contributed by atoms with van der Waals surface area (Å²) < 4.78 is 0. The van der Waals surface area contributed by atoms with Gasteiger partial charge in [0, 0.05) is 10.6 Å². The molecular formula is C22H27ClN3O. The third kappa shape index (κ3) is 3.55. The zero-order valence-electron chi connectivity index (χ0n) is 16.9.